The molecule has 7 heteroatoms. The Balaban J connectivity index is 2.39. The molecule has 0 amide bonds. The summed E-state index contributed by atoms with van der Waals surface area (Å²) in [5, 5.41) is 11.1. The molecule has 2 aromatic carbocycles. The minimum absolute atomic E-state index is 0.00993. The van der Waals surface area contributed by atoms with Gasteiger partial charge in [-0.2, -0.15) is 0 Å². The van der Waals surface area contributed by atoms with Crippen LogP contribution in [0.4, 0.5) is 11.4 Å². The molecule has 0 fully saturated rings. The van der Waals surface area contributed by atoms with Crippen molar-refractivity contribution < 1.29 is 14.5 Å². The van der Waals surface area contributed by atoms with Crippen LogP contribution in [0.3, 0.4) is 0 Å². The van der Waals surface area contributed by atoms with E-state index in [1.54, 1.807) is 0 Å². The van der Waals surface area contributed by atoms with Gasteiger partial charge in [-0.15, -0.1) is 0 Å². The topological polar surface area (TPSA) is 103 Å². The van der Waals surface area contributed by atoms with Crippen molar-refractivity contribution in [2.45, 2.75) is 0 Å². The molecule has 0 aliphatic heterocycles. The number of hydrogen-bond acceptors (Lipinski definition) is 5. The van der Waals surface area contributed by atoms with Crippen LogP contribution in [-0.2, 0) is 0 Å². The summed E-state index contributed by atoms with van der Waals surface area (Å²) < 4.78 is 0.530. The van der Waals surface area contributed by atoms with Crippen LogP contribution in [0.15, 0.2) is 34.8 Å². The Morgan fingerprint density at radius 2 is 1.71 bits per heavy atom. The predicted octanol–water partition coefficient (Wildman–Crippen LogP) is 2.71. The van der Waals surface area contributed by atoms with Gasteiger partial charge < -0.3 is 5.73 Å². The molecule has 0 bridgehead atoms. The van der Waals surface area contributed by atoms with E-state index in [1.807, 2.05) is 0 Å². The quantitative estimate of drug-likeness (QED) is 0.414. The van der Waals surface area contributed by atoms with Gasteiger partial charge in [-0.25, -0.2) is 0 Å². The number of nitro benzene ring substituents is 1. The molecule has 0 radical (unpaired) electrons. The first-order valence-corrected chi connectivity index (χ1v) is 6.67. The van der Waals surface area contributed by atoms with Gasteiger partial charge in [0.15, 0.2) is 5.78 Å². The molecular weight excluding hydrogens is 340 g/mol. The standard InChI is InChI=1S/C14H7BrN2O4/c15-6-4-8-11(9(16)5-6)13(18)7-2-1-3-10(17(20)21)12(7)14(8)19/h1-5H,16H2. The van der Waals surface area contributed by atoms with E-state index in [-0.39, 0.29) is 33.6 Å². The number of nitrogen functional groups attached to an aromatic ring is 1. The van der Waals surface area contributed by atoms with Gasteiger partial charge in [-0.3, -0.25) is 19.7 Å². The Kier molecular flexibility index (Phi) is 2.87. The van der Waals surface area contributed by atoms with Gasteiger partial charge in [0.1, 0.15) is 5.56 Å². The summed E-state index contributed by atoms with van der Waals surface area (Å²) in [6.07, 6.45) is 0. The predicted molar refractivity (Wildman–Crippen MR) is 78.5 cm³/mol. The number of hydrogen-bond donors (Lipinski definition) is 1. The zero-order valence-electron chi connectivity index (χ0n) is 10.4. The molecule has 0 saturated heterocycles. The number of nitro groups is 1. The smallest absolute Gasteiger partial charge is 0.281 e. The Labute approximate surface area is 126 Å². The molecule has 21 heavy (non-hydrogen) atoms. The normalized spacial score (nSPS) is 12.8. The lowest BCUT2D eigenvalue weighted by molar-refractivity contribution is -0.385. The summed E-state index contributed by atoms with van der Waals surface area (Å²) in [6.45, 7) is 0. The van der Waals surface area contributed by atoms with E-state index >= 15 is 0 Å². The van der Waals surface area contributed by atoms with E-state index < -0.39 is 16.5 Å². The minimum atomic E-state index is -0.670. The molecule has 2 N–H and O–H groups in total. The second kappa shape index (κ2) is 4.49. The zero-order chi connectivity index (χ0) is 15.3. The first kappa shape index (κ1) is 13.4. The average Bonchev–Trinajstić information content (AvgIpc) is 2.43. The van der Waals surface area contributed by atoms with Crippen molar-refractivity contribution in [2.75, 3.05) is 5.73 Å². The van der Waals surface area contributed by atoms with E-state index in [4.69, 9.17) is 5.73 Å². The Hall–Kier alpha value is -2.54. The van der Waals surface area contributed by atoms with E-state index in [2.05, 4.69) is 15.9 Å². The number of benzene rings is 2. The van der Waals surface area contributed by atoms with Crippen LogP contribution < -0.4 is 5.73 Å². The fourth-order valence-electron chi connectivity index (χ4n) is 2.45. The molecule has 0 atom stereocenters. The third-order valence-corrected chi connectivity index (χ3v) is 3.77. The highest BCUT2D eigenvalue weighted by Gasteiger charge is 2.36. The number of ketones is 2. The first-order chi connectivity index (χ1) is 9.91. The molecule has 0 aromatic heterocycles. The maximum Gasteiger partial charge on any atom is 0.281 e. The van der Waals surface area contributed by atoms with Gasteiger partial charge in [0.25, 0.3) is 5.69 Å². The van der Waals surface area contributed by atoms with E-state index in [1.165, 1.54) is 30.3 Å². The van der Waals surface area contributed by atoms with Gasteiger partial charge in [-0.05, 0) is 18.2 Å². The SMILES string of the molecule is Nc1cc(Br)cc2c1C(=O)c1cccc([N+](=O)[O-])c1C2=O. The van der Waals surface area contributed by atoms with Crippen molar-refractivity contribution in [1.29, 1.82) is 0 Å². The maximum atomic E-state index is 12.6. The summed E-state index contributed by atoms with van der Waals surface area (Å²) >= 11 is 3.20. The summed E-state index contributed by atoms with van der Waals surface area (Å²) in [6, 6.07) is 6.95. The van der Waals surface area contributed by atoms with Crippen molar-refractivity contribution >= 4 is 38.9 Å². The lowest BCUT2D eigenvalue weighted by Gasteiger charge is -2.19. The van der Waals surface area contributed by atoms with Gasteiger partial charge in [0.2, 0.25) is 5.78 Å². The maximum absolute atomic E-state index is 12.6. The lowest BCUT2D eigenvalue weighted by Crippen LogP contribution is -2.23. The number of nitrogens with zero attached hydrogens (tertiary/aromatic N) is 1. The van der Waals surface area contributed by atoms with Crippen LogP contribution in [0, 0.1) is 10.1 Å². The number of carbonyl (C=O) groups excluding carboxylic acids is 2. The minimum Gasteiger partial charge on any atom is -0.398 e. The largest absolute Gasteiger partial charge is 0.398 e. The molecule has 6 nitrogen and oxygen atoms in total. The molecule has 3 rings (SSSR count). The fourth-order valence-corrected chi connectivity index (χ4v) is 2.93. The van der Waals surface area contributed by atoms with Gasteiger partial charge >= 0.3 is 0 Å². The van der Waals surface area contributed by atoms with Crippen LogP contribution >= 0.6 is 15.9 Å². The molecule has 104 valence electrons. The van der Waals surface area contributed by atoms with E-state index in [0.717, 1.165) is 0 Å². The highest BCUT2D eigenvalue weighted by atomic mass is 79.9. The number of carbonyl (C=O) groups is 2. The number of rotatable bonds is 1. The summed E-state index contributed by atoms with van der Waals surface area (Å²) in [5.41, 5.74) is 5.59. The summed E-state index contributed by atoms with van der Waals surface area (Å²) in [5.74, 6) is -1.05. The highest BCUT2D eigenvalue weighted by molar-refractivity contribution is 9.10. The van der Waals surface area contributed by atoms with Crippen molar-refractivity contribution in [1.82, 2.24) is 0 Å². The van der Waals surface area contributed by atoms with Gasteiger partial charge in [-0.1, -0.05) is 22.0 Å². The second-order valence-corrected chi connectivity index (χ2v) is 5.45. The van der Waals surface area contributed by atoms with Crippen LogP contribution in [0.2, 0.25) is 0 Å². The van der Waals surface area contributed by atoms with Gasteiger partial charge in [0.05, 0.1) is 10.5 Å². The molecule has 1 aliphatic carbocycles. The molecule has 0 saturated carbocycles. The monoisotopic (exact) mass is 346 g/mol. The summed E-state index contributed by atoms with van der Waals surface area (Å²) in [4.78, 5) is 35.4. The lowest BCUT2D eigenvalue weighted by atomic mass is 9.82. The van der Waals surface area contributed by atoms with Gasteiger partial charge in [0, 0.05) is 27.4 Å². The van der Waals surface area contributed by atoms with Crippen LogP contribution in [-0.4, -0.2) is 16.5 Å². The van der Waals surface area contributed by atoms with E-state index in [9.17, 15) is 19.7 Å². The fraction of sp³-hybridized carbons (Fsp3) is 0. The number of halogens is 1. The van der Waals surface area contributed by atoms with Crippen molar-refractivity contribution in [2.24, 2.45) is 0 Å². The average molecular weight is 347 g/mol. The van der Waals surface area contributed by atoms with Crippen LogP contribution in [0.5, 0.6) is 0 Å². The van der Waals surface area contributed by atoms with E-state index in [0.29, 0.717) is 4.47 Å². The Morgan fingerprint density at radius 1 is 1.05 bits per heavy atom. The second-order valence-electron chi connectivity index (χ2n) is 4.53. The third kappa shape index (κ3) is 1.85. The molecule has 0 heterocycles. The Bertz CT molecular complexity index is 845. The molecule has 1 aliphatic rings. The van der Waals surface area contributed by atoms with Crippen LogP contribution in [0.1, 0.15) is 31.8 Å². The first-order valence-electron chi connectivity index (χ1n) is 5.87. The van der Waals surface area contributed by atoms with Crippen LogP contribution in [0.25, 0.3) is 0 Å². The molecule has 2 aromatic rings. The third-order valence-electron chi connectivity index (χ3n) is 3.32. The van der Waals surface area contributed by atoms with Crippen molar-refractivity contribution in [3.05, 3.63) is 67.2 Å². The number of anilines is 1. The van der Waals surface area contributed by atoms with Crippen molar-refractivity contribution in [3.63, 3.8) is 0 Å². The zero-order valence-corrected chi connectivity index (χ0v) is 12.0. The van der Waals surface area contributed by atoms with Crippen molar-refractivity contribution in [3.8, 4) is 0 Å². The summed E-state index contributed by atoms with van der Waals surface area (Å²) in [7, 11) is 0. The number of fused-ring (bicyclic) bond motifs is 2. The molecular formula is C14H7BrN2O4. The molecule has 0 unspecified atom stereocenters. The Morgan fingerprint density at radius 3 is 2.38 bits per heavy atom. The molecule has 0 spiro atoms. The highest BCUT2D eigenvalue weighted by Crippen LogP contribution is 2.36. The number of nitrogens with two attached hydrogens (primary N) is 1.